The van der Waals surface area contributed by atoms with Crippen LogP contribution in [0.2, 0.25) is 5.02 Å². The summed E-state index contributed by atoms with van der Waals surface area (Å²) < 4.78 is 28.1. The van der Waals surface area contributed by atoms with Gasteiger partial charge in [0.05, 0.1) is 41.3 Å². The largest absolute Gasteiger partial charge is 0.396 e. The van der Waals surface area contributed by atoms with Crippen LogP contribution >= 0.6 is 11.6 Å². The van der Waals surface area contributed by atoms with E-state index in [2.05, 4.69) is 29.2 Å². The van der Waals surface area contributed by atoms with Gasteiger partial charge in [0, 0.05) is 28.4 Å². The number of anilines is 2. The fourth-order valence-corrected chi connectivity index (χ4v) is 5.29. The number of benzene rings is 2. The normalized spacial score (nSPS) is 12.9. The Morgan fingerprint density at radius 2 is 1.89 bits per heavy atom. The molecule has 2 heterocycles. The standard InChI is InChI=1S/C31H35ClF2N8O5/c1-18(2)5-3-8-26(19-6-4-7-20(11-19)29-25(38-17-43)14-39-42(29)31(45,46)47)40-16-37-24(13-28(40)44)22-12-21(32)9-10-27(22)41(36)15-23(35)30(33)34/h4,6-7,9-18,26,30,45-47H,3,5,8,35-36H2,1-2H3,(H,38,43)/b23-15-. The molecule has 1 amide bonds. The van der Waals surface area contributed by atoms with Crippen molar-refractivity contribution in [2.45, 2.75) is 51.7 Å². The molecule has 4 aromatic rings. The van der Waals surface area contributed by atoms with Crippen molar-refractivity contribution in [1.29, 1.82) is 0 Å². The molecule has 0 aliphatic rings. The number of amides is 1. The van der Waals surface area contributed by atoms with Crippen LogP contribution in [0.25, 0.3) is 22.5 Å². The maximum Gasteiger partial charge on any atom is 0.389 e. The fraction of sp³-hybridized carbons (Fsp3) is 0.290. The van der Waals surface area contributed by atoms with E-state index in [1.165, 1.54) is 35.2 Å². The average molecular weight is 673 g/mol. The molecule has 0 radical (unpaired) electrons. The Morgan fingerprint density at radius 1 is 1.15 bits per heavy atom. The van der Waals surface area contributed by atoms with Crippen LogP contribution < -0.4 is 27.5 Å². The van der Waals surface area contributed by atoms with Gasteiger partial charge in [-0.2, -0.15) is 9.78 Å². The van der Waals surface area contributed by atoms with E-state index in [9.17, 15) is 33.7 Å². The molecule has 0 fully saturated rings. The smallest absolute Gasteiger partial charge is 0.389 e. The van der Waals surface area contributed by atoms with Gasteiger partial charge < -0.3 is 26.4 Å². The van der Waals surface area contributed by atoms with Gasteiger partial charge >= 0.3 is 6.10 Å². The molecule has 2 aromatic carbocycles. The zero-order valence-corrected chi connectivity index (χ0v) is 26.2. The molecule has 8 N–H and O–H groups in total. The number of nitrogens with two attached hydrogens (primary N) is 2. The number of rotatable bonds is 14. The summed E-state index contributed by atoms with van der Waals surface area (Å²) in [4.78, 5) is 29.5. The molecule has 0 spiro atoms. The number of halogens is 3. The van der Waals surface area contributed by atoms with E-state index >= 15 is 0 Å². The first-order chi connectivity index (χ1) is 22.2. The number of nitrogens with one attached hydrogen (secondary N) is 1. The van der Waals surface area contributed by atoms with Gasteiger partial charge in [-0.05, 0) is 42.2 Å². The number of hydrazine groups is 1. The van der Waals surface area contributed by atoms with Crippen molar-refractivity contribution in [1.82, 2.24) is 19.3 Å². The number of carbonyl (C=O) groups is 1. The second kappa shape index (κ2) is 14.8. The molecular formula is C31H35ClF2N8O5. The van der Waals surface area contributed by atoms with E-state index < -0.39 is 29.8 Å². The lowest BCUT2D eigenvalue weighted by atomic mass is 9.95. The predicted octanol–water partition coefficient (Wildman–Crippen LogP) is 3.70. The minimum atomic E-state index is -3.37. The molecule has 0 aliphatic heterocycles. The molecule has 250 valence electrons. The van der Waals surface area contributed by atoms with Crippen molar-refractivity contribution in [2.75, 3.05) is 10.3 Å². The first-order valence-corrected chi connectivity index (χ1v) is 14.8. The highest BCUT2D eigenvalue weighted by Gasteiger charge is 2.29. The zero-order valence-electron chi connectivity index (χ0n) is 25.5. The number of allylic oxidation sites excluding steroid dienone is 1. The van der Waals surface area contributed by atoms with Crippen LogP contribution in [-0.2, 0) is 10.9 Å². The Morgan fingerprint density at radius 3 is 2.53 bits per heavy atom. The number of nitrogens with zero attached hydrogens (tertiary/aromatic N) is 5. The number of alkyl halides is 2. The molecule has 0 bridgehead atoms. The predicted molar refractivity (Wildman–Crippen MR) is 173 cm³/mol. The van der Waals surface area contributed by atoms with Crippen LogP contribution in [0.4, 0.5) is 20.2 Å². The molecule has 4 rings (SSSR count). The van der Waals surface area contributed by atoms with Crippen molar-refractivity contribution >= 4 is 29.4 Å². The van der Waals surface area contributed by atoms with Crippen molar-refractivity contribution in [3.63, 3.8) is 0 Å². The molecule has 1 atom stereocenters. The van der Waals surface area contributed by atoms with Gasteiger partial charge in [0.25, 0.3) is 12.0 Å². The second-order valence-electron chi connectivity index (χ2n) is 11.2. The second-order valence-corrected chi connectivity index (χ2v) is 11.6. The number of aliphatic hydroxyl groups is 3. The summed E-state index contributed by atoms with van der Waals surface area (Å²) in [5, 5.41) is 37.1. The Labute approximate surface area is 273 Å². The maximum atomic E-state index is 13.7. The molecule has 2 aromatic heterocycles. The molecule has 13 nitrogen and oxygen atoms in total. The summed E-state index contributed by atoms with van der Waals surface area (Å²) >= 11 is 6.23. The number of hydrogen-bond donors (Lipinski definition) is 6. The molecule has 0 saturated carbocycles. The molecule has 0 aliphatic carbocycles. The third-order valence-corrected chi connectivity index (χ3v) is 7.53. The van der Waals surface area contributed by atoms with Gasteiger partial charge in [0.15, 0.2) is 0 Å². The number of carbonyl (C=O) groups excluding carboxylic acids is 1. The number of aromatic nitrogens is 4. The summed E-state index contributed by atoms with van der Waals surface area (Å²) in [5.74, 6) is 6.42. The number of hydrogen-bond acceptors (Lipinski definition) is 10. The van der Waals surface area contributed by atoms with Crippen LogP contribution in [0.1, 0.15) is 44.7 Å². The SMILES string of the molecule is CC(C)CCCC(c1cccc(-c2c(NC=O)cnn2C(O)(O)O)c1)n1cnc(-c2cc(Cl)ccc2N(N)/C=C(\N)C(F)F)cc1=O. The Kier molecular flexibility index (Phi) is 11.1. The zero-order chi connectivity index (χ0) is 34.5. The lowest BCUT2D eigenvalue weighted by molar-refractivity contribution is -0.379. The first-order valence-electron chi connectivity index (χ1n) is 14.4. The molecule has 1 unspecified atom stereocenters. The summed E-state index contributed by atoms with van der Waals surface area (Å²) in [6, 6.07) is 12.0. The molecule has 0 saturated heterocycles. The maximum absolute atomic E-state index is 13.7. The monoisotopic (exact) mass is 672 g/mol. The van der Waals surface area contributed by atoms with E-state index in [-0.39, 0.29) is 27.8 Å². The first kappa shape index (κ1) is 35.2. The third-order valence-electron chi connectivity index (χ3n) is 7.30. The van der Waals surface area contributed by atoms with Crippen LogP contribution in [0, 0.1) is 5.92 Å². The minimum Gasteiger partial charge on any atom is -0.396 e. The van der Waals surface area contributed by atoms with E-state index in [0.717, 1.165) is 30.2 Å². The van der Waals surface area contributed by atoms with Crippen LogP contribution in [0.3, 0.4) is 0 Å². The Hall–Kier alpha value is -4.67. The van der Waals surface area contributed by atoms with Crippen molar-refractivity contribution in [2.24, 2.45) is 17.5 Å². The quantitative estimate of drug-likeness (QED) is 0.0497. The van der Waals surface area contributed by atoms with E-state index in [1.54, 1.807) is 24.3 Å². The third kappa shape index (κ3) is 8.38. The lowest BCUT2D eigenvalue weighted by Gasteiger charge is -2.23. The summed E-state index contributed by atoms with van der Waals surface area (Å²) in [7, 11) is 0. The average Bonchev–Trinajstić information content (AvgIpc) is 3.44. The van der Waals surface area contributed by atoms with Crippen LogP contribution in [0.15, 0.2) is 77.7 Å². The molecule has 47 heavy (non-hydrogen) atoms. The summed E-state index contributed by atoms with van der Waals surface area (Å²) in [5.41, 5.74) is 5.95. The van der Waals surface area contributed by atoms with E-state index in [0.29, 0.717) is 40.1 Å². The van der Waals surface area contributed by atoms with Crippen molar-refractivity contribution in [3.05, 3.63) is 93.9 Å². The van der Waals surface area contributed by atoms with E-state index in [4.69, 9.17) is 23.2 Å². The highest BCUT2D eigenvalue weighted by Crippen LogP contribution is 2.35. The Bertz CT molecular complexity index is 1810. The minimum absolute atomic E-state index is 0.00504. The van der Waals surface area contributed by atoms with E-state index in [1.807, 2.05) is 0 Å². The fourth-order valence-electron chi connectivity index (χ4n) is 5.12. The van der Waals surface area contributed by atoms with Gasteiger partial charge in [-0.15, -0.1) is 0 Å². The molecule has 16 heteroatoms. The van der Waals surface area contributed by atoms with Crippen molar-refractivity contribution in [3.8, 4) is 22.5 Å². The summed E-state index contributed by atoms with van der Waals surface area (Å²) in [6.07, 6.45) is -0.432. The lowest BCUT2D eigenvalue weighted by Crippen LogP contribution is -2.34. The van der Waals surface area contributed by atoms with Crippen LogP contribution in [-0.4, -0.2) is 47.5 Å². The Balaban J connectivity index is 1.81. The summed E-state index contributed by atoms with van der Waals surface area (Å²) in [6.45, 7) is 4.17. The topological polar surface area (TPSA) is 198 Å². The van der Waals surface area contributed by atoms with Gasteiger partial charge in [-0.25, -0.2) is 19.6 Å². The molecular weight excluding hydrogens is 638 g/mol. The van der Waals surface area contributed by atoms with Gasteiger partial charge in [-0.1, -0.05) is 56.5 Å². The van der Waals surface area contributed by atoms with Crippen LogP contribution in [0.5, 0.6) is 0 Å². The van der Waals surface area contributed by atoms with Gasteiger partial charge in [-0.3, -0.25) is 19.2 Å². The van der Waals surface area contributed by atoms with Gasteiger partial charge in [0.1, 0.15) is 5.69 Å². The van der Waals surface area contributed by atoms with Crippen molar-refractivity contribution < 1.29 is 28.9 Å². The highest BCUT2D eigenvalue weighted by molar-refractivity contribution is 6.31. The highest BCUT2D eigenvalue weighted by atomic mass is 35.5. The van der Waals surface area contributed by atoms with Gasteiger partial charge in [0.2, 0.25) is 6.41 Å².